The molecule has 0 unspecified atom stereocenters. The molecular formula is C19H19ClN4O2S. The Morgan fingerprint density at radius 2 is 1.78 bits per heavy atom. The summed E-state index contributed by atoms with van der Waals surface area (Å²) in [4.78, 5) is 0.270. The third-order valence-electron chi connectivity index (χ3n) is 4.30. The number of aromatic amines is 1. The van der Waals surface area contributed by atoms with Gasteiger partial charge in [0.15, 0.2) is 5.03 Å². The summed E-state index contributed by atoms with van der Waals surface area (Å²) in [6, 6.07) is 18.1. The number of sulfone groups is 1. The van der Waals surface area contributed by atoms with Crippen molar-refractivity contribution in [3.8, 4) is 0 Å². The van der Waals surface area contributed by atoms with E-state index in [1.165, 1.54) is 0 Å². The number of hydrogen-bond donors (Lipinski definition) is 3. The first-order valence-electron chi connectivity index (χ1n) is 8.26. The highest BCUT2D eigenvalue weighted by atomic mass is 35.5. The molecule has 0 atom stereocenters. The molecule has 4 aromatic rings. The largest absolute Gasteiger partial charge is 0.384 e. The van der Waals surface area contributed by atoms with Crippen LogP contribution in [0.1, 0.15) is 0 Å². The fraction of sp³-hybridized carbons (Fsp3) is 0.105. The van der Waals surface area contributed by atoms with Crippen molar-refractivity contribution in [2.75, 3.05) is 18.4 Å². The number of hydrogen-bond acceptors (Lipinski definition) is 5. The van der Waals surface area contributed by atoms with E-state index < -0.39 is 9.84 Å². The number of benzene rings is 3. The van der Waals surface area contributed by atoms with Gasteiger partial charge in [-0.05, 0) is 29.7 Å². The van der Waals surface area contributed by atoms with Gasteiger partial charge in [0.1, 0.15) is 0 Å². The van der Waals surface area contributed by atoms with E-state index in [-0.39, 0.29) is 22.3 Å². The minimum atomic E-state index is -3.74. The fourth-order valence-corrected chi connectivity index (χ4v) is 4.64. The molecule has 1 heterocycles. The molecule has 0 aliphatic heterocycles. The zero-order valence-corrected chi connectivity index (χ0v) is 16.0. The molecular weight excluding hydrogens is 384 g/mol. The van der Waals surface area contributed by atoms with Gasteiger partial charge >= 0.3 is 0 Å². The summed E-state index contributed by atoms with van der Waals surface area (Å²) >= 11 is 0. The predicted molar refractivity (Wildman–Crippen MR) is 110 cm³/mol. The average molecular weight is 403 g/mol. The summed E-state index contributed by atoms with van der Waals surface area (Å²) in [5.74, 6) is 0. The Labute approximate surface area is 163 Å². The Balaban J connectivity index is 0.00000210. The molecule has 4 N–H and O–H groups in total. The second kappa shape index (κ2) is 7.56. The second-order valence-corrected chi connectivity index (χ2v) is 7.84. The third-order valence-corrected chi connectivity index (χ3v) is 6.09. The first-order chi connectivity index (χ1) is 12.6. The lowest BCUT2D eigenvalue weighted by Gasteiger charge is -2.07. The van der Waals surface area contributed by atoms with Crippen LogP contribution in [0.4, 0.5) is 5.69 Å². The van der Waals surface area contributed by atoms with Gasteiger partial charge in [-0.3, -0.25) is 5.10 Å². The highest BCUT2D eigenvalue weighted by Crippen LogP contribution is 2.31. The third kappa shape index (κ3) is 3.37. The standard InChI is InChI=1S/C19H18N4O2S.ClH/c20-10-11-21-14-8-9-16-17(12-14)22-23-19(16)26(24,25)18-7-3-5-13-4-1-2-6-15(13)18;/h1-9,12,21H,10-11,20H2,(H,22,23);1H. The number of rotatable bonds is 5. The lowest BCUT2D eigenvalue weighted by molar-refractivity contribution is 0.593. The van der Waals surface area contributed by atoms with E-state index in [1.54, 1.807) is 18.2 Å². The van der Waals surface area contributed by atoms with Crippen molar-refractivity contribution in [2.24, 2.45) is 5.73 Å². The second-order valence-electron chi connectivity index (χ2n) is 5.98. The van der Waals surface area contributed by atoms with Gasteiger partial charge in [0.2, 0.25) is 9.84 Å². The number of halogens is 1. The van der Waals surface area contributed by atoms with Crippen LogP contribution in [0.15, 0.2) is 70.6 Å². The summed E-state index contributed by atoms with van der Waals surface area (Å²) in [5, 5.41) is 12.3. The van der Waals surface area contributed by atoms with Crippen molar-refractivity contribution in [3.05, 3.63) is 60.7 Å². The maximum absolute atomic E-state index is 13.3. The topological polar surface area (TPSA) is 101 Å². The van der Waals surface area contributed by atoms with Gasteiger partial charge in [0.05, 0.1) is 10.4 Å². The minimum Gasteiger partial charge on any atom is -0.384 e. The lowest BCUT2D eigenvalue weighted by atomic mass is 10.1. The van der Waals surface area contributed by atoms with Crippen LogP contribution in [0, 0.1) is 0 Å². The van der Waals surface area contributed by atoms with Crippen LogP contribution in [0.25, 0.3) is 21.7 Å². The van der Waals surface area contributed by atoms with Crippen LogP contribution < -0.4 is 11.1 Å². The maximum Gasteiger partial charge on any atom is 0.224 e. The van der Waals surface area contributed by atoms with E-state index in [2.05, 4.69) is 15.5 Å². The molecule has 6 nitrogen and oxygen atoms in total. The predicted octanol–water partition coefficient (Wildman–Crippen LogP) is 3.34. The molecule has 0 saturated carbocycles. The van der Waals surface area contributed by atoms with Gasteiger partial charge in [0, 0.05) is 29.5 Å². The highest BCUT2D eigenvalue weighted by molar-refractivity contribution is 7.91. The molecule has 0 bridgehead atoms. The fourth-order valence-electron chi connectivity index (χ4n) is 3.06. The molecule has 0 saturated heterocycles. The molecule has 0 amide bonds. The highest BCUT2D eigenvalue weighted by Gasteiger charge is 2.24. The molecule has 8 heteroatoms. The van der Waals surface area contributed by atoms with E-state index in [9.17, 15) is 8.42 Å². The smallest absolute Gasteiger partial charge is 0.224 e. The Kier molecular flexibility index (Phi) is 5.36. The van der Waals surface area contributed by atoms with Crippen LogP contribution in [-0.4, -0.2) is 31.7 Å². The molecule has 0 radical (unpaired) electrons. The number of anilines is 1. The molecule has 1 aromatic heterocycles. The molecule has 0 aliphatic rings. The molecule has 0 fully saturated rings. The molecule has 3 aromatic carbocycles. The number of fused-ring (bicyclic) bond motifs is 2. The van der Waals surface area contributed by atoms with E-state index in [1.807, 2.05) is 42.5 Å². The number of aromatic nitrogens is 2. The van der Waals surface area contributed by atoms with Crippen molar-refractivity contribution in [2.45, 2.75) is 9.92 Å². The van der Waals surface area contributed by atoms with Crippen molar-refractivity contribution in [1.29, 1.82) is 0 Å². The van der Waals surface area contributed by atoms with E-state index in [0.717, 1.165) is 11.1 Å². The van der Waals surface area contributed by atoms with Crippen LogP contribution in [0.5, 0.6) is 0 Å². The normalized spacial score (nSPS) is 11.4. The lowest BCUT2D eigenvalue weighted by Crippen LogP contribution is -2.12. The minimum absolute atomic E-state index is 0. The number of nitrogens with two attached hydrogens (primary N) is 1. The van der Waals surface area contributed by atoms with E-state index in [0.29, 0.717) is 29.4 Å². The quantitative estimate of drug-likeness (QED) is 0.475. The van der Waals surface area contributed by atoms with Crippen LogP contribution >= 0.6 is 12.4 Å². The van der Waals surface area contributed by atoms with Crippen LogP contribution in [-0.2, 0) is 9.84 Å². The van der Waals surface area contributed by atoms with E-state index in [4.69, 9.17) is 5.73 Å². The molecule has 4 rings (SSSR count). The Bertz CT molecular complexity index is 1200. The van der Waals surface area contributed by atoms with Gasteiger partial charge in [-0.25, -0.2) is 8.42 Å². The van der Waals surface area contributed by atoms with Crippen molar-refractivity contribution < 1.29 is 8.42 Å². The maximum atomic E-state index is 13.3. The van der Waals surface area contributed by atoms with Crippen LogP contribution in [0.2, 0.25) is 0 Å². The number of nitrogens with zero attached hydrogens (tertiary/aromatic N) is 1. The van der Waals surface area contributed by atoms with Crippen LogP contribution in [0.3, 0.4) is 0 Å². The van der Waals surface area contributed by atoms with Gasteiger partial charge in [-0.15, -0.1) is 12.4 Å². The van der Waals surface area contributed by atoms with Gasteiger partial charge in [-0.2, -0.15) is 5.10 Å². The summed E-state index contributed by atoms with van der Waals surface area (Å²) in [7, 11) is -3.74. The summed E-state index contributed by atoms with van der Waals surface area (Å²) in [6.45, 7) is 1.15. The molecule has 0 aliphatic carbocycles. The first kappa shape index (κ1) is 19.2. The van der Waals surface area contributed by atoms with Gasteiger partial charge < -0.3 is 11.1 Å². The Morgan fingerprint density at radius 3 is 2.59 bits per heavy atom. The molecule has 27 heavy (non-hydrogen) atoms. The van der Waals surface area contributed by atoms with Crippen molar-refractivity contribution >= 4 is 49.6 Å². The van der Waals surface area contributed by atoms with Gasteiger partial charge in [-0.1, -0.05) is 36.4 Å². The monoisotopic (exact) mass is 402 g/mol. The summed E-state index contributed by atoms with van der Waals surface area (Å²) in [6.07, 6.45) is 0. The number of nitrogens with one attached hydrogen (secondary N) is 2. The molecule has 140 valence electrons. The zero-order valence-electron chi connectivity index (χ0n) is 14.3. The van der Waals surface area contributed by atoms with Crippen molar-refractivity contribution in [1.82, 2.24) is 10.2 Å². The Hall–Kier alpha value is -2.61. The Morgan fingerprint density at radius 1 is 1.00 bits per heavy atom. The first-order valence-corrected chi connectivity index (χ1v) is 9.74. The summed E-state index contributed by atoms with van der Waals surface area (Å²) in [5.41, 5.74) is 6.94. The van der Waals surface area contributed by atoms with E-state index >= 15 is 0 Å². The number of H-pyrrole nitrogens is 1. The molecule has 0 spiro atoms. The zero-order chi connectivity index (χ0) is 18.1. The average Bonchev–Trinajstić information content (AvgIpc) is 3.10. The van der Waals surface area contributed by atoms with Crippen molar-refractivity contribution in [3.63, 3.8) is 0 Å². The summed E-state index contributed by atoms with van der Waals surface area (Å²) < 4.78 is 26.6. The van der Waals surface area contributed by atoms with Gasteiger partial charge in [0.25, 0.3) is 0 Å². The SMILES string of the molecule is Cl.NCCNc1ccc2c(S(=O)(=O)c3cccc4ccccc34)[nH]nc2c1.